The van der Waals surface area contributed by atoms with E-state index in [9.17, 15) is 4.79 Å². The molecule has 0 bridgehead atoms. The Labute approximate surface area is 75.7 Å². The summed E-state index contributed by atoms with van der Waals surface area (Å²) in [5.41, 5.74) is 6.26. The predicted molar refractivity (Wildman–Crippen MR) is 48.3 cm³/mol. The van der Waals surface area contributed by atoms with Gasteiger partial charge >= 0.3 is 5.97 Å². The van der Waals surface area contributed by atoms with Gasteiger partial charge in [-0.25, -0.2) is 4.79 Å². The normalized spacial score (nSPS) is 12.1. The molecule has 1 heterocycles. The molecule has 0 saturated carbocycles. The largest absolute Gasteiger partial charge is 0.478 e. The number of nitrogens with two attached hydrogens (primary N) is 1. The number of nitrogens with zero attached hydrogens (tertiary/aromatic N) is 1. The summed E-state index contributed by atoms with van der Waals surface area (Å²) in [5.74, 6) is -1.00. The molecule has 0 aliphatic rings. The Balaban J connectivity index is 3.19. The maximum atomic E-state index is 10.7. The number of rotatable bonds is 3. The van der Waals surface area contributed by atoms with Crippen molar-refractivity contribution in [1.29, 1.82) is 0 Å². The second-order valence-corrected chi connectivity index (χ2v) is 2.53. The van der Waals surface area contributed by atoms with Crippen molar-refractivity contribution in [3.8, 4) is 0 Å². The topological polar surface area (TPSA) is 76.2 Å². The van der Waals surface area contributed by atoms with Gasteiger partial charge in [0.25, 0.3) is 0 Å². The summed E-state index contributed by atoms with van der Waals surface area (Å²) in [4.78, 5) is 14.5. The maximum Gasteiger partial charge on any atom is 0.336 e. The van der Waals surface area contributed by atoms with Crippen molar-refractivity contribution in [3.05, 3.63) is 42.2 Å². The van der Waals surface area contributed by atoms with Crippen molar-refractivity contribution in [2.24, 2.45) is 5.73 Å². The van der Waals surface area contributed by atoms with E-state index in [1.165, 1.54) is 24.5 Å². The first kappa shape index (κ1) is 9.41. The molecule has 1 aromatic rings. The molecule has 0 saturated heterocycles. The summed E-state index contributed by atoms with van der Waals surface area (Å²) in [6, 6.07) is 0.931. The molecule has 1 rings (SSSR count). The summed E-state index contributed by atoms with van der Waals surface area (Å²) >= 11 is 0. The van der Waals surface area contributed by atoms with E-state index in [-0.39, 0.29) is 5.56 Å². The smallest absolute Gasteiger partial charge is 0.336 e. The third-order valence-electron chi connectivity index (χ3n) is 1.70. The minimum Gasteiger partial charge on any atom is -0.478 e. The van der Waals surface area contributed by atoms with Gasteiger partial charge in [-0.1, -0.05) is 6.08 Å². The lowest BCUT2D eigenvalue weighted by molar-refractivity contribution is 0.0695. The first-order valence-corrected chi connectivity index (χ1v) is 3.72. The zero-order valence-electron chi connectivity index (χ0n) is 6.97. The lowest BCUT2D eigenvalue weighted by Gasteiger charge is -2.08. The molecule has 1 aromatic heterocycles. The van der Waals surface area contributed by atoms with E-state index in [1.54, 1.807) is 0 Å². The molecule has 4 nitrogen and oxygen atoms in total. The van der Waals surface area contributed by atoms with E-state index in [0.717, 1.165) is 0 Å². The first-order chi connectivity index (χ1) is 6.16. The fourth-order valence-electron chi connectivity index (χ4n) is 0.994. The van der Waals surface area contributed by atoms with Crippen molar-refractivity contribution in [3.63, 3.8) is 0 Å². The van der Waals surface area contributed by atoms with Crippen molar-refractivity contribution in [2.75, 3.05) is 0 Å². The highest BCUT2D eigenvalue weighted by atomic mass is 16.4. The van der Waals surface area contributed by atoms with Crippen LogP contribution in [0.2, 0.25) is 0 Å². The molecule has 13 heavy (non-hydrogen) atoms. The molecule has 0 aliphatic heterocycles. The Bertz CT molecular complexity index is 336. The molecule has 0 aliphatic carbocycles. The first-order valence-electron chi connectivity index (χ1n) is 3.72. The molecule has 0 fully saturated rings. The SMILES string of the molecule is C=C[C@@H](N)c1cnccc1C(=O)O. The van der Waals surface area contributed by atoms with Crippen LogP contribution in [-0.4, -0.2) is 16.1 Å². The van der Waals surface area contributed by atoms with Crippen LogP contribution in [-0.2, 0) is 0 Å². The van der Waals surface area contributed by atoms with E-state index in [4.69, 9.17) is 10.8 Å². The van der Waals surface area contributed by atoms with E-state index in [2.05, 4.69) is 11.6 Å². The minimum atomic E-state index is -1.00. The van der Waals surface area contributed by atoms with Gasteiger partial charge in [-0.05, 0) is 6.07 Å². The summed E-state index contributed by atoms with van der Waals surface area (Å²) < 4.78 is 0. The standard InChI is InChI=1S/C9H10N2O2/c1-2-8(10)7-5-11-4-3-6(7)9(12)13/h2-5,8H,1,10H2,(H,12,13)/t8-/m1/s1. The minimum absolute atomic E-state index is 0.169. The molecular weight excluding hydrogens is 168 g/mol. The van der Waals surface area contributed by atoms with Gasteiger partial charge in [-0.15, -0.1) is 6.58 Å². The Morgan fingerprint density at radius 2 is 2.46 bits per heavy atom. The van der Waals surface area contributed by atoms with Crippen LogP contribution >= 0.6 is 0 Å². The fourth-order valence-corrected chi connectivity index (χ4v) is 0.994. The lowest BCUT2D eigenvalue weighted by atomic mass is 10.0. The summed E-state index contributed by atoms with van der Waals surface area (Å²) in [5, 5.41) is 8.79. The Morgan fingerprint density at radius 1 is 1.77 bits per heavy atom. The molecule has 4 heteroatoms. The van der Waals surface area contributed by atoms with E-state index in [0.29, 0.717) is 5.56 Å². The number of hydrogen-bond acceptors (Lipinski definition) is 3. The van der Waals surface area contributed by atoms with E-state index >= 15 is 0 Å². The van der Waals surface area contributed by atoms with Gasteiger partial charge in [0, 0.05) is 18.0 Å². The average Bonchev–Trinajstić information content (AvgIpc) is 2.16. The second kappa shape index (κ2) is 3.82. The van der Waals surface area contributed by atoms with Gasteiger partial charge in [-0.3, -0.25) is 4.98 Å². The van der Waals surface area contributed by atoms with Crippen LogP contribution in [0.1, 0.15) is 22.0 Å². The molecule has 0 spiro atoms. The van der Waals surface area contributed by atoms with Crippen molar-refractivity contribution < 1.29 is 9.90 Å². The van der Waals surface area contributed by atoms with Crippen LogP contribution in [0.3, 0.4) is 0 Å². The van der Waals surface area contributed by atoms with E-state index < -0.39 is 12.0 Å². The van der Waals surface area contributed by atoms with Gasteiger partial charge < -0.3 is 10.8 Å². The zero-order chi connectivity index (χ0) is 9.84. The predicted octanol–water partition coefficient (Wildman–Crippen LogP) is 0.966. The highest BCUT2D eigenvalue weighted by Crippen LogP contribution is 2.15. The van der Waals surface area contributed by atoms with Crippen molar-refractivity contribution >= 4 is 5.97 Å². The van der Waals surface area contributed by atoms with Crippen molar-refractivity contribution in [2.45, 2.75) is 6.04 Å². The van der Waals surface area contributed by atoms with Crippen LogP contribution in [0.15, 0.2) is 31.1 Å². The maximum absolute atomic E-state index is 10.7. The molecule has 0 unspecified atom stereocenters. The molecule has 68 valence electrons. The number of pyridine rings is 1. The van der Waals surface area contributed by atoms with Crippen LogP contribution < -0.4 is 5.73 Å². The number of hydrogen-bond donors (Lipinski definition) is 2. The van der Waals surface area contributed by atoms with Crippen molar-refractivity contribution in [1.82, 2.24) is 4.98 Å². The number of aromatic carboxylic acids is 1. The molecular formula is C9H10N2O2. The second-order valence-electron chi connectivity index (χ2n) is 2.53. The van der Waals surface area contributed by atoms with Crippen LogP contribution in [0.5, 0.6) is 0 Å². The fraction of sp³-hybridized carbons (Fsp3) is 0.111. The third kappa shape index (κ3) is 1.91. The van der Waals surface area contributed by atoms with Crippen LogP contribution in [0.25, 0.3) is 0 Å². The number of carbonyl (C=O) groups is 1. The van der Waals surface area contributed by atoms with Gasteiger partial charge in [0.1, 0.15) is 0 Å². The lowest BCUT2D eigenvalue weighted by Crippen LogP contribution is -2.12. The zero-order valence-corrected chi connectivity index (χ0v) is 6.97. The Hall–Kier alpha value is -1.68. The Morgan fingerprint density at radius 3 is 3.00 bits per heavy atom. The third-order valence-corrected chi connectivity index (χ3v) is 1.70. The Kier molecular flexibility index (Phi) is 2.76. The van der Waals surface area contributed by atoms with Gasteiger partial charge in [0.15, 0.2) is 0 Å². The van der Waals surface area contributed by atoms with Crippen LogP contribution in [0.4, 0.5) is 0 Å². The highest BCUT2D eigenvalue weighted by Gasteiger charge is 2.12. The molecule has 3 N–H and O–H groups in total. The summed E-state index contributed by atoms with van der Waals surface area (Å²) in [6.45, 7) is 3.49. The average molecular weight is 178 g/mol. The van der Waals surface area contributed by atoms with Gasteiger partial charge in [0.05, 0.1) is 11.6 Å². The number of carboxylic acid groups (broad SMARTS) is 1. The van der Waals surface area contributed by atoms with Gasteiger partial charge in [0.2, 0.25) is 0 Å². The molecule has 0 aromatic carbocycles. The number of aromatic nitrogens is 1. The molecule has 0 amide bonds. The quantitative estimate of drug-likeness (QED) is 0.676. The van der Waals surface area contributed by atoms with Gasteiger partial charge in [-0.2, -0.15) is 0 Å². The summed E-state index contributed by atoms with van der Waals surface area (Å²) in [6.07, 6.45) is 4.34. The monoisotopic (exact) mass is 178 g/mol. The van der Waals surface area contributed by atoms with E-state index in [1.807, 2.05) is 0 Å². The van der Waals surface area contributed by atoms with Crippen LogP contribution in [0, 0.1) is 0 Å². The molecule has 0 radical (unpaired) electrons. The summed E-state index contributed by atoms with van der Waals surface area (Å²) in [7, 11) is 0. The highest BCUT2D eigenvalue weighted by molar-refractivity contribution is 5.89. The molecule has 1 atom stereocenters. The number of carboxylic acids is 1.